The van der Waals surface area contributed by atoms with E-state index in [-0.39, 0.29) is 21.7 Å². The molecule has 0 spiro atoms. The largest absolute Gasteiger partial charge is 0.455 e. The molecule has 0 aliphatic heterocycles. The number of hydrogen-bond donors (Lipinski definition) is 0. The molecule has 4 aromatic heterocycles. The van der Waals surface area contributed by atoms with Gasteiger partial charge in [0.2, 0.25) is 0 Å². The number of aromatic nitrogens is 2. The van der Waals surface area contributed by atoms with Crippen LogP contribution in [0.4, 0.5) is 68.2 Å². The lowest BCUT2D eigenvalue weighted by molar-refractivity contribution is 0.592. The first-order valence-electron chi connectivity index (χ1n) is 40.6. The van der Waals surface area contributed by atoms with Crippen molar-refractivity contribution in [3.05, 3.63) is 394 Å². The van der Waals surface area contributed by atoms with Crippen LogP contribution < -0.4 is 19.6 Å². The SMILES string of the molecule is CC1(C)c2cc(N(c3cccnc3)c3ccccc3-c3ccccc3)ccc2-c2oc3c(c21)C(C)(C)c1cc(N(c2cccnc2)c2ccccc2-c2ccccc2)ccc1-3.Cc1cc(C)c(N(c2ccccc2)c2ccc3c(c2)C(C)(C)c2c-3oc3c2C(C)(C)c2cc(N(c4ccccc4)c4c(C)cc(C)cc4C)ccc2-3)c(C)c1. The van der Waals surface area contributed by atoms with Crippen LogP contribution in [0.15, 0.2) is 325 Å². The van der Waals surface area contributed by atoms with Gasteiger partial charge < -0.3 is 28.4 Å². The standard InChI is InChI=1S/C56H44N4O.C52H50N2O/c1-55(2)47-33-39(59(41-21-15-31-57-35-41)49-25-13-11-23-43(49)37-17-7-5-8-18-37)27-29-45(47)53-51(55)52-54(61-53)46-30-28-40(34-48(46)56(52,3)4)60(42-22-16-32-58-36-42)50-26-14-12-24-44(50)38-19-9-6-10-20-38;1-31-25-33(3)47(34(4)26-31)53(37-17-13-11-14-18-37)39-21-23-41-43(29-39)51(7,8)45-46-50(55-49(41)45)42-24-22-40(30-44(42)52(46,9)10)54(38-19-15-12-16-20-38)48-35(5)27-32(2)28-36(48)6/h5-36H,1-4H3;11-30H,1-10H3. The highest BCUT2D eigenvalue weighted by molar-refractivity contribution is 5.97. The molecule has 8 heteroatoms. The molecule has 20 rings (SSSR count). The molecule has 0 atom stereocenters. The Labute approximate surface area is 682 Å². The molecule has 12 aromatic carbocycles. The third kappa shape index (κ3) is 11.7. The second kappa shape index (κ2) is 27.8. The minimum atomic E-state index is -0.337. The third-order valence-corrected chi connectivity index (χ3v) is 25.0. The van der Waals surface area contributed by atoms with Gasteiger partial charge in [0.05, 0.1) is 46.5 Å². The average molecular weight is 1510 g/mol. The number of anilines is 12. The number of pyridine rings is 2. The van der Waals surface area contributed by atoms with E-state index >= 15 is 0 Å². The Morgan fingerprint density at radius 3 is 0.802 bits per heavy atom. The Morgan fingerprint density at radius 2 is 0.509 bits per heavy atom. The second-order valence-electron chi connectivity index (χ2n) is 34.1. The van der Waals surface area contributed by atoms with E-state index in [1.807, 2.05) is 36.9 Å². The van der Waals surface area contributed by atoms with Crippen LogP contribution in [0, 0.1) is 41.5 Å². The van der Waals surface area contributed by atoms with Gasteiger partial charge in [0.25, 0.3) is 0 Å². The summed E-state index contributed by atoms with van der Waals surface area (Å²) in [4.78, 5) is 18.7. The molecule has 0 saturated heterocycles. The molecule has 0 bridgehead atoms. The molecular weight excluding hydrogens is 1410 g/mol. The molecular formula is C108H94N6O2. The molecule has 0 amide bonds. The number of benzene rings is 12. The number of rotatable bonds is 14. The number of hydrogen-bond acceptors (Lipinski definition) is 8. The Morgan fingerprint density at radius 1 is 0.241 bits per heavy atom. The number of nitrogens with zero attached hydrogens (tertiary/aromatic N) is 6. The normalized spacial score (nSPS) is 14.1. The van der Waals surface area contributed by atoms with Crippen LogP contribution in [-0.2, 0) is 21.7 Å². The molecule has 0 unspecified atom stereocenters. The zero-order chi connectivity index (χ0) is 79.8. The van der Waals surface area contributed by atoms with Crippen LogP contribution in [0.1, 0.15) is 133 Å². The van der Waals surface area contributed by atoms with E-state index in [0.717, 1.165) is 113 Å². The zero-order valence-electron chi connectivity index (χ0n) is 68.5. The summed E-state index contributed by atoms with van der Waals surface area (Å²) in [6.07, 6.45) is 7.55. The predicted octanol–water partition coefficient (Wildman–Crippen LogP) is 29.6. The topological polar surface area (TPSA) is 65.0 Å². The van der Waals surface area contributed by atoms with Gasteiger partial charge in [0, 0.05) is 124 Å². The number of para-hydroxylation sites is 4. The molecule has 8 nitrogen and oxygen atoms in total. The number of fused-ring (bicyclic) bond motifs is 14. The van der Waals surface area contributed by atoms with Crippen LogP contribution in [0.3, 0.4) is 0 Å². The van der Waals surface area contributed by atoms with E-state index < -0.39 is 0 Å². The Hall–Kier alpha value is -13.3. The van der Waals surface area contributed by atoms with E-state index in [0.29, 0.717) is 0 Å². The molecule has 4 aliphatic carbocycles. The lowest BCUT2D eigenvalue weighted by atomic mass is 9.74. The summed E-state index contributed by atoms with van der Waals surface area (Å²) >= 11 is 0. The molecule has 4 heterocycles. The summed E-state index contributed by atoms with van der Waals surface area (Å²) in [5.41, 5.74) is 39.4. The van der Waals surface area contributed by atoms with Crippen molar-refractivity contribution in [2.24, 2.45) is 0 Å². The van der Waals surface area contributed by atoms with E-state index in [1.165, 1.54) is 100 Å². The quantitative estimate of drug-likeness (QED) is 0.107. The summed E-state index contributed by atoms with van der Waals surface area (Å²) in [5.74, 6) is 3.99. The van der Waals surface area contributed by atoms with Gasteiger partial charge in [-0.1, -0.05) is 224 Å². The zero-order valence-corrected chi connectivity index (χ0v) is 68.5. The summed E-state index contributed by atoms with van der Waals surface area (Å²) in [5, 5.41) is 0. The van der Waals surface area contributed by atoms with Crippen LogP contribution >= 0.6 is 0 Å². The van der Waals surface area contributed by atoms with E-state index in [9.17, 15) is 0 Å². The van der Waals surface area contributed by atoms with Crippen LogP contribution in [0.25, 0.3) is 67.5 Å². The summed E-state index contributed by atoms with van der Waals surface area (Å²) < 4.78 is 14.2. The molecule has 0 fully saturated rings. The van der Waals surface area contributed by atoms with Gasteiger partial charge in [-0.25, -0.2) is 0 Å². The first-order chi connectivity index (χ1) is 56.1. The summed E-state index contributed by atoms with van der Waals surface area (Å²) in [6.45, 7) is 32.3. The molecule has 0 radical (unpaired) electrons. The van der Waals surface area contributed by atoms with Gasteiger partial charge in [-0.2, -0.15) is 0 Å². The summed E-state index contributed by atoms with van der Waals surface area (Å²) in [7, 11) is 0. The lowest BCUT2D eigenvalue weighted by Crippen LogP contribution is -2.24. The van der Waals surface area contributed by atoms with Crippen molar-refractivity contribution in [3.8, 4) is 67.5 Å². The lowest BCUT2D eigenvalue weighted by Gasteiger charge is -2.32. The maximum atomic E-state index is 7.14. The second-order valence-corrected chi connectivity index (χ2v) is 34.1. The molecule has 0 N–H and O–H groups in total. The molecule has 16 aromatic rings. The van der Waals surface area contributed by atoms with E-state index in [2.05, 4.69) is 406 Å². The smallest absolute Gasteiger partial charge is 0.139 e. The summed E-state index contributed by atoms with van der Waals surface area (Å²) in [6, 6.07) is 105. The van der Waals surface area contributed by atoms with Crippen LogP contribution in [0.5, 0.6) is 0 Å². The molecule has 568 valence electrons. The monoisotopic (exact) mass is 1510 g/mol. The fraction of sp³-hybridized carbons (Fsp3) is 0.167. The fourth-order valence-corrected chi connectivity index (χ4v) is 20.0. The molecule has 0 saturated carbocycles. The maximum Gasteiger partial charge on any atom is 0.139 e. The van der Waals surface area contributed by atoms with E-state index in [4.69, 9.17) is 8.83 Å². The van der Waals surface area contributed by atoms with Crippen LogP contribution in [0.2, 0.25) is 0 Å². The first kappa shape index (κ1) is 72.9. The highest BCUT2D eigenvalue weighted by Crippen LogP contribution is 2.65. The van der Waals surface area contributed by atoms with Gasteiger partial charge in [-0.05, 0) is 231 Å². The maximum absolute atomic E-state index is 7.14. The van der Waals surface area contributed by atoms with Gasteiger partial charge >= 0.3 is 0 Å². The minimum absolute atomic E-state index is 0.272. The van der Waals surface area contributed by atoms with Crippen molar-refractivity contribution in [1.29, 1.82) is 0 Å². The minimum Gasteiger partial charge on any atom is -0.455 e. The van der Waals surface area contributed by atoms with E-state index in [1.54, 1.807) is 0 Å². The van der Waals surface area contributed by atoms with Gasteiger partial charge in [-0.3, -0.25) is 9.97 Å². The van der Waals surface area contributed by atoms with Crippen molar-refractivity contribution >= 4 is 68.2 Å². The van der Waals surface area contributed by atoms with Crippen molar-refractivity contribution in [2.75, 3.05) is 19.6 Å². The van der Waals surface area contributed by atoms with Crippen molar-refractivity contribution in [3.63, 3.8) is 0 Å². The first-order valence-corrected chi connectivity index (χ1v) is 40.6. The highest BCUT2D eigenvalue weighted by Gasteiger charge is 2.52. The predicted molar refractivity (Wildman–Crippen MR) is 481 cm³/mol. The van der Waals surface area contributed by atoms with Gasteiger partial charge in [0.15, 0.2) is 0 Å². The third-order valence-electron chi connectivity index (χ3n) is 25.0. The van der Waals surface area contributed by atoms with Crippen molar-refractivity contribution in [1.82, 2.24) is 9.97 Å². The fourth-order valence-electron chi connectivity index (χ4n) is 20.0. The number of aryl methyl sites for hydroxylation is 6. The average Bonchev–Trinajstić information content (AvgIpc) is 1.52. The number of furan rings is 2. The van der Waals surface area contributed by atoms with Gasteiger partial charge in [-0.15, -0.1) is 0 Å². The van der Waals surface area contributed by atoms with Crippen molar-refractivity contribution < 1.29 is 8.83 Å². The molecule has 116 heavy (non-hydrogen) atoms. The Balaban J connectivity index is 0.000000156. The molecule has 4 aliphatic rings. The highest BCUT2D eigenvalue weighted by atomic mass is 16.3. The van der Waals surface area contributed by atoms with Crippen molar-refractivity contribution in [2.45, 2.75) is 119 Å². The Kier molecular flexibility index (Phi) is 17.5. The van der Waals surface area contributed by atoms with Gasteiger partial charge in [0.1, 0.15) is 23.0 Å². The van der Waals surface area contributed by atoms with Crippen LogP contribution in [-0.4, -0.2) is 9.97 Å². The Bertz CT molecular complexity index is 6090.